The number of unbranched alkanes of at least 4 members (excludes halogenated alkanes) is 1. The molecule has 0 bridgehead atoms. The van der Waals surface area contributed by atoms with Gasteiger partial charge < -0.3 is 14.8 Å². The minimum atomic E-state index is -4.71. The first-order chi connectivity index (χ1) is 18.0. The van der Waals surface area contributed by atoms with Crippen molar-refractivity contribution in [2.75, 3.05) is 30.4 Å². The Labute approximate surface area is 220 Å². The number of rotatable bonds is 11. The van der Waals surface area contributed by atoms with E-state index >= 15 is 0 Å². The fraction of sp³-hybridized carbons (Fsp3) is 0.296. The van der Waals surface area contributed by atoms with Crippen LogP contribution in [-0.4, -0.2) is 35.1 Å². The van der Waals surface area contributed by atoms with Crippen LogP contribution in [0.3, 0.4) is 0 Å². The van der Waals surface area contributed by atoms with Gasteiger partial charge in [-0.2, -0.15) is 13.2 Å². The predicted molar refractivity (Wildman–Crippen MR) is 139 cm³/mol. The highest BCUT2D eigenvalue weighted by Crippen LogP contribution is 2.35. The van der Waals surface area contributed by atoms with Crippen LogP contribution >= 0.6 is 0 Å². The van der Waals surface area contributed by atoms with Crippen LogP contribution in [0.2, 0.25) is 0 Å². The number of benzene rings is 3. The van der Waals surface area contributed by atoms with Crippen molar-refractivity contribution < 1.29 is 35.9 Å². The van der Waals surface area contributed by atoms with Crippen molar-refractivity contribution in [3.8, 4) is 11.5 Å². The molecule has 0 atom stereocenters. The number of nitrogens with one attached hydrogen (secondary N) is 1. The van der Waals surface area contributed by atoms with Crippen LogP contribution in [0.1, 0.15) is 30.9 Å². The van der Waals surface area contributed by atoms with E-state index < -0.39 is 34.2 Å². The van der Waals surface area contributed by atoms with Gasteiger partial charge in [-0.1, -0.05) is 31.5 Å². The summed E-state index contributed by atoms with van der Waals surface area (Å²) < 4.78 is 78.5. The minimum absolute atomic E-state index is 0.102. The molecular formula is C27H29F3N2O5S. The third-order valence-electron chi connectivity index (χ3n) is 5.75. The van der Waals surface area contributed by atoms with Crippen LogP contribution in [0.4, 0.5) is 24.5 Å². The Kier molecular flexibility index (Phi) is 9.26. The molecule has 3 rings (SSSR count). The lowest BCUT2D eigenvalue weighted by molar-refractivity contribution is -0.137. The first-order valence-electron chi connectivity index (χ1n) is 11.8. The molecule has 0 spiro atoms. The van der Waals surface area contributed by atoms with Crippen molar-refractivity contribution in [3.63, 3.8) is 0 Å². The van der Waals surface area contributed by atoms with Gasteiger partial charge in [0.2, 0.25) is 5.91 Å². The summed E-state index contributed by atoms with van der Waals surface area (Å²) >= 11 is 0. The Bertz CT molecular complexity index is 1360. The topological polar surface area (TPSA) is 84.9 Å². The maximum Gasteiger partial charge on any atom is 0.416 e. The van der Waals surface area contributed by atoms with E-state index in [4.69, 9.17) is 9.47 Å². The number of sulfonamides is 1. The molecule has 204 valence electrons. The molecule has 11 heteroatoms. The maximum absolute atomic E-state index is 13.7. The number of hydrogen-bond donors (Lipinski definition) is 1. The highest BCUT2D eigenvalue weighted by molar-refractivity contribution is 7.92. The minimum Gasteiger partial charge on any atom is -0.493 e. The quantitative estimate of drug-likeness (QED) is 0.321. The monoisotopic (exact) mass is 550 g/mol. The highest BCUT2D eigenvalue weighted by Gasteiger charge is 2.33. The number of aryl methyl sites for hydroxylation is 1. The van der Waals surface area contributed by atoms with Gasteiger partial charge in [-0.3, -0.25) is 9.10 Å². The van der Waals surface area contributed by atoms with Crippen LogP contribution in [0.15, 0.2) is 71.6 Å². The van der Waals surface area contributed by atoms with Gasteiger partial charge in [0.25, 0.3) is 10.0 Å². The van der Waals surface area contributed by atoms with E-state index in [1.165, 1.54) is 38.5 Å². The maximum atomic E-state index is 13.7. The van der Waals surface area contributed by atoms with Crippen molar-refractivity contribution in [3.05, 3.63) is 77.9 Å². The van der Waals surface area contributed by atoms with Crippen molar-refractivity contribution >= 4 is 27.3 Å². The summed E-state index contributed by atoms with van der Waals surface area (Å²) in [4.78, 5) is 12.7. The number of anilines is 2. The predicted octanol–water partition coefficient (Wildman–Crippen LogP) is 5.90. The molecule has 3 aromatic carbocycles. The zero-order valence-corrected chi connectivity index (χ0v) is 22.0. The van der Waals surface area contributed by atoms with E-state index in [1.807, 2.05) is 12.1 Å². The largest absolute Gasteiger partial charge is 0.493 e. The molecule has 1 amide bonds. The summed E-state index contributed by atoms with van der Waals surface area (Å²) in [5.41, 5.74) is 0.152. The summed E-state index contributed by atoms with van der Waals surface area (Å²) in [7, 11) is -1.81. The van der Waals surface area contributed by atoms with Crippen molar-refractivity contribution in [1.29, 1.82) is 0 Å². The molecular weight excluding hydrogens is 521 g/mol. The van der Waals surface area contributed by atoms with Gasteiger partial charge in [-0.25, -0.2) is 8.42 Å². The summed E-state index contributed by atoms with van der Waals surface area (Å²) in [5, 5.41) is 2.62. The van der Waals surface area contributed by atoms with Crippen LogP contribution in [0, 0.1) is 0 Å². The lowest BCUT2D eigenvalue weighted by Gasteiger charge is -2.25. The van der Waals surface area contributed by atoms with E-state index in [2.05, 4.69) is 12.2 Å². The number of methoxy groups -OCH3 is 2. The van der Waals surface area contributed by atoms with Gasteiger partial charge in [0.1, 0.15) is 6.54 Å². The van der Waals surface area contributed by atoms with E-state index in [-0.39, 0.29) is 22.1 Å². The molecule has 0 aliphatic rings. The first-order valence-corrected chi connectivity index (χ1v) is 13.2. The third kappa shape index (κ3) is 6.97. The summed E-state index contributed by atoms with van der Waals surface area (Å²) in [6, 6.07) is 14.7. The molecule has 7 nitrogen and oxygen atoms in total. The normalized spacial score (nSPS) is 11.6. The molecule has 0 unspecified atom stereocenters. The van der Waals surface area contributed by atoms with Crippen LogP contribution in [0.25, 0.3) is 0 Å². The molecule has 0 aliphatic heterocycles. The lowest BCUT2D eigenvalue weighted by Crippen LogP contribution is -2.38. The second-order valence-corrected chi connectivity index (χ2v) is 10.3. The zero-order valence-electron chi connectivity index (χ0n) is 21.2. The van der Waals surface area contributed by atoms with Crippen molar-refractivity contribution in [2.45, 2.75) is 37.3 Å². The number of hydrogen-bond acceptors (Lipinski definition) is 5. The Morgan fingerprint density at radius 2 is 1.63 bits per heavy atom. The van der Waals surface area contributed by atoms with Crippen LogP contribution < -0.4 is 19.1 Å². The number of carbonyl (C=O) groups excluding carboxylic acids is 1. The molecule has 0 saturated carbocycles. The molecule has 3 aromatic rings. The number of carbonyl (C=O) groups is 1. The van der Waals surface area contributed by atoms with Gasteiger partial charge in [0.05, 0.1) is 30.4 Å². The fourth-order valence-electron chi connectivity index (χ4n) is 3.72. The van der Waals surface area contributed by atoms with Crippen molar-refractivity contribution in [1.82, 2.24) is 0 Å². The molecule has 0 aliphatic carbocycles. The van der Waals surface area contributed by atoms with Gasteiger partial charge in [0, 0.05) is 11.8 Å². The highest BCUT2D eigenvalue weighted by atomic mass is 32.2. The smallest absolute Gasteiger partial charge is 0.416 e. The molecule has 0 radical (unpaired) electrons. The number of halogens is 3. The Morgan fingerprint density at radius 3 is 2.24 bits per heavy atom. The van der Waals surface area contributed by atoms with E-state index in [0.29, 0.717) is 16.1 Å². The Balaban J connectivity index is 1.97. The van der Waals surface area contributed by atoms with Crippen LogP contribution in [0.5, 0.6) is 11.5 Å². The number of alkyl halides is 3. The van der Waals surface area contributed by atoms with Crippen LogP contribution in [-0.2, 0) is 27.4 Å². The average molecular weight is 551 g/mol. The Morgan fingerprint density at radius 1 is 0.947 bits per heavy atom. The molecule has 38 heavy (non-hydrogen) atoms. The molecule has 0 saturated heterocycles. The van der Waals surface area contributed by atoms with E-state index in [9.17, 15) is 26.4 Å². The summed E-state index contributed by atoms with van der Waals surface area (Å²) in [6.07, 6.45) is -1.77. The lowest BCUT2D eigenvalue weighted by atomic mass is 10.1. The fourth-order valence-corrected chi connectivity index (χ4v) is 5.15. The number of ether oxygens (including phenoxy) is 2. The second-order valence-electron chi connectivity index (χ2n) is 8.43. The van der Waals surface area contributed by atoms with Gasteiger partial charge >= 0.3 is 6.18 Å². The summed E-state index contributed by atoms with van der Waals surface area (Å²) in [6.45, 7) is 1.32. The van der Waals surface area contributed by atoms with Gasteiger partial charge in [-0.05, 0) is 60.9 Å². The average Bonchev–Trinajstić information content (AvgIpc) is 2.90. The number of nitrogens with zero attached hydrogens (tertiary/aromatic N) is 1. The first kappa shape index (κ1) is 28.8. The number of amides is 1. The standard InChI is InChI=1S/C27H29F3N2O5S/c1-4-5-7-19-10-12-21(13-11-19)31-26(33)18-32(22-9-6-8-20(16-22)27(28,29)30)38(34,35)23-14-15-24(36-2)25(17-23)37-3/h6,8-17H,4-5,7,18H2,1-3H3,(H,31,33). The summed E-state index contributed by atoms with van der Waals surface area (Å²) in [5.74, 6) is -0.366. The third-order valence-corrected chi connectivity index (χ3v) is 7.52. The van der Waals surface area contributed by atoms with Gasteiger partial charge in [-0.15, -0.1) is 0 Å². The second kappa shape index (κ2) is 12.2. The van der Waals surface area contributed by atoms with Crippen molar-refractivity contribution in [2.24, 2.45) is 0 Å². The molecule has 0 aromatic heterocycles. The molecule has 1 N–H and O–H groups in total. The van der Waals surface area contributed by atoms with E-state index in [1.54, 1.807) is 12.1 Å². The van der Waals surface area contributed by atoms with E-state index in [0.717, 1.165) is 37.0 Å². The molecule has 0 fully saturated rings. The van der Waals surface area contributed by atoms with Gasteiger partial charge in [0.15, 0.2) is 11.5 Å². The SMILES string of the molecule is CCCCc1ccc(NC(=O)CN(c2cccc(C(F)(F)F)c2)S(=O)(=O)c2ccc(OC)c(OC)c2)cc1. The zero-order chi connectivity index (χ0) is 27.9. The Hall–Kier alpha value is -3.73. The molecule has 0 heterocycles.